The smallest absolute Gasteiger partial charge is 0.293 e. The van der Waals surface area contributed by atoms with Gasteiger partial charge in [-0.15, -0.1) is 0 Å². The van der Waals surface area contributed by atoms with E-state index in [4.69, 9.17) is 23.2 Å². The Morgan fingerprint density at radius 3 is 2.44 bits per heavy atom. The summed E-state index contributed by atoms with van der Waals surface area (Å²) >= 11 is 13.5. The Morgan fingerprint density at radius 1 is 1.09 bits per heavy atom. The number of hydrogen-bond donors (Lipinski definition) is 0. The number of halogens is 2. The zero-order chi connectivity index (χ0) is 23.2. The van der Waals surface area contributed by atoms with Gasteiger partial charge in [0.05, 0.1) is 17.0 Å². The molecule has 2 aromatic rings. The molecule has 0 atom stereocenters. The van der Waals surface area contributed by atoms with E-state index in [-0.39, 0.29) is 23.2 Å². The van der Waals surface area contributed by atoms with Gasteiger partial charge in [0.15, 0.2) is 0 Å². The summed E-state index contributed by atoms with van der Waals surface area (Å²) in [7, 11) is 0. The van der Waals surface area contributed by atoms with Gasteiger partial charge in [-0.05, 0) is 86.5 Å². The quantitative estimate of drug-likeness (QED) is 0.426. The molecule has 0 bridgehead atoms. The highest BCUT2D eigenvalue weighted by atomic mass is 35.5. The van der Waals surface area contributed by atoms with E-state index in [9.17, 15) is 9.59 Å². The zero-order valence-electron chi connectivity index (χ0n) is 18.4. The van der Waals surface area contributed by atoms with Crippen LogP contribution in [0.1, 0.15) is 44.4 Å². The molecule has 2 aromatic carbocycles. The number of hydrogen-bond acceptors (Lipinski definition) is 4. The van der Waals surface area contributed by atoms with Gasteiger partial charge in [0.1, 0.15) is 0 Å². The maximum atomic E-state index is 13.0. The number of nitrogens with zero attached hydrogens (tertiary/aromatic N) is 2. The molecule has 1 saturated heterocycles. The second-order valence-electron chi connectivity index (χ2n) is 8.51. The van der Waals surface area contributed by atoms with Crippen molar-refractivity contribution < 1.29 is 9.59 Å². The Morgan fingerprint density at radius 2 is 1.78 bits per heavy atom. The molecule has 2 heterocycles. The highest BCUT2D eigenvalue weighted by molar-refractivity contribution is 8.18. The molecular formula is C25H24Cl2N2O2S. The van der Waals surface area contributed by atoms with Crippen molar-refractivity contribution in [1.29, 1.82) is 0 Å². The van der Waals surface area contributed by atoms with Crippen LogP contribution in [-0.2, 0) is 11.3 Å². The molecule has 0 aliphatic carbocycles. The van der Waals surface area contributed by atoms with Crippen LogP contribution in [-0.4, -0.2) is 28.1 Å². The Balaban J connectivity index is 1.66. The monoisotopic (exact) mass is 486 g/mol. The summed E-state index contributed by atoms with van der Waals surface area (Å²) in [5, 5.41) is 0.872. The van der Waals surface area contributed by atoms with E-state index in [0.717, 1.165) is 46.3 Å². The maximum absolute atomic E-state index is 13.0. The van der Waals surface area contributed by atoms with Crippen LogP contribution in [0.5, 0.6) is 0 Å². The molecular weight excluding hydrogens is 463 g/mol. The Hall–Kier alpha value is -2.21. The molecule has 0 unspecified atom stereocenters. The number of rotatable bonds is 4. The minimum Gasteiger partial charge on any atom is -0.363 e. The van der Waals surface area contributed by atoms with Gasteiger partial charge in [0, 0.05) is 27.8 Å². The van der Waals surface area contributed by atoms with Crippen molar-refractivity contribution in [1.82, 2.24) is 4.90 Å². The van der Waals surface area contributed by atoms with Gasteiger partial charge in [-0.25, -0.2) is 0 Å². The van der Waals surface area contributed by atoms with Gasteiger partial charge in [0.2, 0.25) is 0 Å². The lowest BCUT2D eigenvalue weighted by molar-refractivity contribution is -0.123. The van der Waals surface area contributed by atoms with E-state index in [0.29, 0.717) is 15.0 Å². The molecule has 7 heteroatoms. The predicted octanol–water partition coefficient (Wildman–Crippen LogP) is 7.25. The van der Waals surface area contributed by atoms with Crippen molar-refractivity contribution >= 4 is 63.4 Å². The minimum atomic E-state index is -0.313. The summed E-state index contributed by atoms with van der Waals surface area (Å²) in [6, 6.07) is 11.1. The molecule has 0 radical (unpaired) electrons. The molecule has 2 aliphatic rings. The molecule has 0 aromatic heterocycles. The Kier molecular flexibility index (Phi) is 6.19. The molecule has 2 aliphatic heterocycles. The summed E-state index contributed by atoms with van der Waals surface area (Å²) in [5.41, 5.74) is 4.79. The first-order chi connectivity index (χ1) is 15.1. The van der Waals surface area contributed by atoms with Gasteiger partial charge in [0.25, 0.3) is 11.1 Å². The van der Waals surface area contributed by atoms with Crippen molar-refractivity contribution in [2.45, 2.75) is 39.8 Å². The number of amides is 2. The van der Waals surface area contributed by atoms with Gasteiger partial charge in [-0.3, -0.25) is 14.5 Å². The number of likely N-dealkylation sites (N-methyl/N-ethyl adjacent to an activating group) is 1. The first-order valence-electron chi connectivity index (χ1n) is 10.4. The fourth-order valence-electron chi connectivity index (χ4n) is 4.35. The van der Waals surface area contributed by atoms with E-state index in [1.54, 1.807) is 18.2 Å². The molecule has 0 spiro atoms. The van der Waals surface area contributed by atoms with Crippen molar-refractivity contribution in [3.8, 4) is 0 Å². The average molecular weight is 487 g/mol. The minimum absolute atomic E-state index is 0.110. The fourth-order valence-corrected chi connectivity index (χ4v) is 5.52. The van der Waals surface area contributed by atoms with Gasteiger partial charge < -0.3 is 4.90 Å². The number of carbonyl (C=O) groups excluding carboxylic acids is 2. The van der Waals surface area contributed by atoms with Crippen LogP contribution in [0, 0.1) is 0 Å². The van der Waals surface area contributed by atoms with Crippen LogP contribution < -0.4 is 4.90 Å². The molecule has 0 saturated carbocycles. The zero-order valence-corrected chi connectivity index (χ0v) is 20.7. The van der Waals surface area contributed by atoms with Crippen LogP contribution in [0.2, 0.25) is 10.0 Å². The second kappa shape index (κ2) is 8.62. The number of imide groups is 1. The predicted molar refractivity (Wildman–Crippen MR) is 135 cm³/mol. The van der Waals surface area contributed by atoms with Gasteiger partial charge in [-0.2, -0.15) is 0 Å². The highest BCUT2D eigenvalue weighted by Gasteiger charge is 2.36. The fraction of sp³-hybridized carbons (Fsp3) is 0.280. The van der Waals surface area contributed by atoms with Crippen LogP contribution in [0.25, 0.3) is 11.6 Å². The maximum Gasteiger partial charge on any atom is 0.293 e. The third-order valence-corrected chi connectivity index (χ3v) is 7.31. The SMILES string of the molecule is CCN1c2cc(Cl)c(/C=C3/SC(=O)N(Cc4ccc(Cl)cc4)C3=O)cc2C(C)=CC1(C)C. The summed E-state index contributed by atoms with van der Waals surface area (Å²) in [5.74, 6) is -0.313. The molecule has 0 N–H and O–H groups in total. The van der Waals surface area contributed by atoms with Crippen LogP contribution in [0.4, 0.5) is 10.5 Å². The number of thioether (sulfide) groups is 1. The second-order valence-corrected chi connectivity index (χ2v) is 10.3. The lowest BCUT2D eigenvalue weighted by Gasteiger charge is -2.43. The lowest BCUT2D eigenvalue weighted by Crippen LogP contribution is -2.44. The Bertz CT molecular complexity index is 1170. The lowest BCUT2D eigenvalue weighted by atomic mass is 9.88. The summed E-state index contributed by atoms with van der Waals surface area (Å²) < 4.78 is 0. The summed E-state index contributed by atoms with van der Waals surface area (Å²) in [6.45, 7) is 9.63. The molecule has 4 rings (SSSR count). The van der Waals surface area contributed by atoms with Crippen LogP contribution in [0.3, 0.4) is 0 Å². The van der Waals surface area contributed by atoms with Crippen molar-refractivity contribution in [3.05, 3.63) is 74.1 Å². The molecule has 166 valence electrons. The third-order valence-electron chi connectivity index (χ3n) is 5.83. The molecule has 2 amide bonds. The average Bonchev–Trinajstić information content (AvgIpc) is 2.98. The van der Waals surface area contributed by atoms with Gasteiger partial charge in [-0.1, -0.05) is 41.4 Å². The molecule has 4 nitrogen and oxygen atoms in total. The van der Waals surface area contributed by atoms with Crippen LogP contribution in [0.15, 0.2) is 47.4 Å². The number of benzene rings is 2. The first kappa shape index (κ1) is 23.0. The highest BCUT2D eigenvalue weighted by Crippen LogP contribution is 2.42. The summed E-state index contributed by atoms with van der Waals surface area (Å²) in [4.78, 5) is 29.4. The van der Waals surface area contributed by atoms with Crippen molar-refractivity contribution in [2.75, 3.05) is 11.4 Å². The van der Waals surface area contributed by atoms with E-state index < -0.39 is 0 Å². The summed E-state index contributed by atoms with van der Waals surface area (Å²) in [6.07, 6.45) is 3.97. The Labute approximate surface area is 202 Å². The molecule has 32 heavy (non-hydrogen) atoms. The number of carbonyl (C=O) groups is 2. The van der Waals surface area contributed by atoms with Crippen molar-refractivity contribution in [3.63, 3.8) is 0 Å². The number of allylic oxidation sites excluding steroid dienone is 1. The van der Waals surface area contributed by atoms with E-state index in [1.165, 1.54) is 4.90 Å². The number of fused-ring (bicyclic) bond motifs is 1. The normalized spacial score (nSPS) is 18.9. The van der Waals surface area contributed by atoms with E-state index in [2.05, 4.69) is 38.7 Å². The third kappa shape index (κ3) is 4.21. The topological polar surface area (TPSA) is 40.6 Å². The standard InChI is InChI=1S/C25H24Cl2N2O2S/c1-5-29-21-12-20(27)17(10-19(21)15(2)13-25(29,3)4)11-22-23(30)28(24(31)32-22)14-16-6-8-18(26)9-7-16/h6-13H,5,14H2,1-4H3/b22-11+. The molecule has 1 fully saturated rings. The first-order valence-corrected chi connectivity index (χ1v) is 12.0. The largest absolute Gasteiger partial charge is 0.363 e. The van der Waals surface area contributed by atoms with Gasteiger partial charge >= 0.3 is 0 Å². The van der Waals surface area contributed by atoms with E-state index >= 15 is 0 Å². The number of anilines is 1. The van der Waals surface area contributed by atoms with Crippen molar-refractivity contribution in [2.24, 2.45) is 0 Å². The van der Waals surface area contributed by atoms with E-state index in [1.807, 2.05) is 24.3 Å². The van der Waals surface area contributed by atoms with Crippen LogP contribution >= 0.6 is 35.0 Å².